The van der Waals surface area contributed by atoms with Gasteiger partial charge in [-0.15, -0.1) is 0 Å². The fourth-order valence-electron chi connectivity index (χ4n) is 3.26. The molecule has 5 heteroatoms. The van der Waals surface area contributed by atoms with Crippen LogP contribution in [0.15, 0.2) is 36.7 Å². The van der Waals surface area contributed by atoms with E-state index in [4.69, 9.17) is 0 Å². The Labute approximate surface area is 141 Å². The molecular formula is C19H23N3O2. The maximum absolute atomic E-state index is 12.2. The number of pyridine rings is 1. The maximum Gasteiger partial charge on any atom is 0.313 e. The molecule has 2 aromatic rings. The van der Waals surface area contributed by atoms with E-state index >= 15 is 0 Å². The molecule has 1 aromatic heterocycles. The summed E-state index contributed by atoms with van der Waals surface area (Å²) in [4.78, 5) is 28.5. The average molecular weight is 325 g/mol. The van der Waals surface area contributed by atoms with Crippen molar-refractivity contribution in [2.24, 2.45) is 0 Å². The summed E-state index contributed by atoms with van der Waals surface area (Å²) >= 11 is 0. The smallest absolute Gasteiger partial charge is 0.313 e. The van der Waals surface area contributed by atoms with Crippen molar-refractivity contribution in [1.29, 1.82) is 0 Å². The van der Waals surface area contributed by atoms with Crippen molar-refractivity contribution in [2.75, 3.05) is 5.32 Å². The van der Waals surface area contributed by atoms with Gasteiger partial charge in [-0.1, -0.05) is 44.2 Å². The molecular weight excluding hydrogens is 302 g/mol. The summed E-state index contributed by atoms with van der Waals surface area (Å²) in [6.45, 7) is 0. The van der Waals surface area contributed by atoms with Gasteiger partial charge in [0.15, 0.2) is 0 Å². The molecule has 0 saturated heterocycles. The third-order valence-corrected chi connectivity index (χ3v) is 4.58. The average Bonchev–Trinajstić information content (AvgIpc) is 2.57. The third kappa shape index (κ3) is 4.10. The number of hydrogen-bond acceptors (Lipinski definition) is 3. The first-order chi connectivity index (χ1) is 11.7. The number of rotatable bonds is 2. The van der Waals surface area contributed by atoms with E-state index in [0.717, 1.165) is 36.5 Å². The Kier molecular flexibility index (Phi) is 5.41. The van der Waals surface area contributed by atoms with Crippen molar-refractivity contribution in [3.05, 3.63) is 36.7 Å². The molecule has 24 heavy (non-hydrogen) atoms. The van der Waals surface area contributed by atoms with Crippen LogP contribution in [0, 0.1) is 0 Å². The van der Waals surface area contributed by atoms with E-state index in [-0.39, 0.29) is 6.04 Å². The molecule has 2 N–H and O–H groups in total. The summed E-state index contributed by atoms with van der Waals surface area (Å²) in [5.74, 6) is -1.16. The van der Waals surface area contributed by atoms with Crippen LogP contribution in [-0.2, 0) is 9.59 Å². The first kappa shape index (κ1) is 16.4. The Bertz CT molecular complexity index is 716. The summed E-state index contributed by atoms with van der Waals surface area (Å²) in [5.41, 5.74) is 0.632. The van der Waals surface area contributed by atoms with E-state index in [2.05, 4.69) is 15.6 Å². The zero-order valence-corrected chi connectivity index (χ0v) is 13.8. The number of nitrogens with zero attached hydrogens (tertiary/aromatic N) is 1. The number of benzene rings is 1. The quantitative estimate of drug-likeness (QED) is 0.831. The van der Waals surface area contributed by atoms with Gasteiger partial charge < -0.3 is 10.6 Å². The van der Waals surface area contributed by atoms with Crippen molar-refractivity contribution in [2.45, 2.75) is 51.0 Å². The standard InChI is InChI=1S/C19H23N3O2/c23-18(21-15-8-4-2-1-3-5-9-15)19(24)22-17-10-6-7-14-13-20-12-11-16(14)17/h6-7,10-13,15H,1-5,8-9H2,(H,21,23)(H,22,24). The molecule has 1 heterocycles. The van der Waals surface area contributed by atoms with E-state index in [1.807, 2.05) is 18.2 Å². The molecule has 0 unspecified atom stereocenters. The zero-order chi connectivity index (χ0) is 16.8. The Hall–Kier alpha value is -2.43. The van der Waals surface area contributed by atoms with E-state index in [0.29, 0.717) is 5.69 Å². The van der Waals surface area contributed by atoms with Crippen LogP contribution in [0.2, 0.25) is 0 Å². The van der Waals surface area contributed by atoms with Gasteiger partial charge in [-0.2, -0.15) is 0 Å². The number of carbonyl (C=O) groups excluding carboxylic acids is 2. The highest BCUT2D eigenvalue weighted by Crippen LogP contribution is 2.22. The topological polar surface area (TPSA) is 71.1 Å². The summed E-state index contributed by atoms with van der Waals surface area (Å²) in [5, 5.41) is 7.42. The zero-order valence-electron chi connectivity index (χ0n) is 13.8. The van der Waals surface area contributed by atoms with Gasteiger partial charge in [-0.05, 0) is 25.0 Å². The van der Waals surface area contributed by atoms with E-state index in [9.17, 15) is 9.59 Å². The normalized spacial score (nSPS) is 16.2. The minimum absolute atomic E-state index is 0.111. The summed E-state index contributed by atoms with van der Waals surface area (Å²) in [6, 6.07) is 7.50. The van der Waals surface area contributed by atoms with Gasteiger partial charge in [0.1, 0.15) is 0 Å². The lowest BCUT2D eigenvalue weighted by Crippen LogP contribution is -2.42. The second-order valence-electron chi connectivity index (χ2n) is 6.37. The van der Waals surface area contributed by atoms with Gasteiger partial charge in [-0.3, -0.25) is 14.6 Å². The van der Waals surface area contributed by atoms with E-state index in [1.165, 1.54) is 19.3 Å². The van der Waals surface area contributed by atoms with Gasteiger partial charge in [0.05, 0.1) is 0 Å². The Morgan fingerprint density at radius 2 is 1.71 bits per heavy atom. The molecule has 0 aliphatic heterocycles. The van der Waals surface area contributed by atoms with Gasteiger partial charge in [0.2, 0.25) is 0 Å². The molecule has 1 saturated carbocycles. The Balaban J connectivity index is 1.64. The van der Waals surface area contributed by atoms with Crippen LogP contribution in [0.5, 0.6) is 0 Å². The molecule has 2 amide bonds. The van der Waals surface area contributed by atoms with Gasteiger partial charge in [0, 0.05) is 34.9 Å². The van der Waals surface area contributed by atoms with Crippen LogP contribution in [0.4, 0.5) is 5.69 Å². The number of nitrogens with one attached hydrogen (secondary N) is 2. The van der Waals surface area contributed by atoms with Crippen molar-refractivity contribution in [3.8, 4) is 0 Å². The van der Waals surface area contributed by atoms with Crippen LogP contribution in [0.1, 0.15) is 44.9 Å². The molecule has 0 radical (unpaired) electrons. The number of aromatic nitrogens is 1. The highest BCUT2D eigenvalue weighted by Gasteiger charge is 2.19. The molecule has 5 nitrogen and oxygen atoms in total. The lowest BCUT2D eigenvalue weighted by molar-refractivity contribution is -0.136. The van der Waals surface area contributed by atoms with Crippen LogP contribution < -0.4 is 10.6 Å². The molecule has 126 valence electrons. The van der Waals surface area contributed by atoms with Crippen LogP contribution in [0.25, 0.3) is 10.8 Å². The molecule has 0 atom stereocenters. The molecule has 0 bridgehead atoms. The fourth-order valence-corrected chi connectivity index (χ4v) is 3.26. The molecule has 1 aromatic carbocycles. The Morgan fingerprint density at radius 1 is 0.958 bits per heavy atom. The lowest BCUT2D eigenvalue weighted by atomic mass is 9.97. The number of hydrogen-bond donors (Lipinski definition) is 2. The predicted molar refractivity (Wildman–Crippen MR) is 94.6 cm³/mol. The highest BCUT2D eigenvalue weighted by atomic mass is 16.2. The van der Waals surface area contributed by atoms with Crippen molar-refractivity contribution >= 4 is 28.3 Å². The summed E-state index contributed by atoms with van der Waals surface area (Å²) in [6.07, 6.45) is 11.2. The van der Waals surface area contributed by atoms with E-state index < -0.39 is 11.8 Å². The van der Waals surface area contributed by atoms with Gasteiger partial charge in [0.25, 0.3) is 0 Å². The highest BCUT2D eigenvalue weighted by molar-refractivity contribution is 6.40. The van der Waals surface area contributed by atoms with Crippen LogP contribution in [-0.4, -0.2) is 22.8 Å². The van der Waals surface area contributed by atoms with Crippen molar-refractivity contribution < 1.29 is 9.59 Å². The Morgan fingerprint density at radius 3 is 2.50 bits per heavy atom. The molecule has 1 fully saturated rings. The van der Waals surface area contributed by atoms with Gasteiger partial charge in [-0.25, -0.2) is 0 Å². The van der Waals surface area contributed by atoms with E-state index in [1.54, 1.807) is 18.5 Å². The number of amides is 2. The van der Waals surface area contributed by atoms with Crippen molar-refractivity contribution in [1.82, 2.24) is 10.3 Å². The number of anilines is 1. The monoisotopic (exact) mass is 325 g/mol. The van der Waals surface area contributed by atoms with Crippen molar-refractivity contribution in [3.63, 3.8) is 0 Å². The SMILES string of the molecule is O=C(Nc1cccc2cnccc12)C(=O)NC1CCCCCCC1. The summed E-state index contributed by atoms with van der Waals surface area (Å²) < 4.78 is 0. The minimum Gasteiger partial charge on any atom is -0.345 e. The van der Waals surface area contributed by atoms with Crippen LogP contribution >= 0.6 is 0 Å². The molecule has 1 aliphatic carbocycles. The summed E-state index contributed by atoms with van der Waals surface area (Å²) in [7, 11) is 0. The first-order valence-corrected chi connectivity index (χ1v) is 8.68. The third-order valence-electron chi connectivity index (χ3n) is 4.58. The molecule has 1 aliphatic rings. The number of fused-ring (bicyclic) bond motifs is 1. The minimum atomic E-state index is -0.610. The van der Waals surface area contributed by atoms with Crippen LogP contribution in [0.3, 0.4) is 0 Å². The molecule has 0 spiro atoms. The first-order valence-electron chi connectivity index (χ1n) is 8.68. The second kappa shape index (κ2) is 7.90. The largest absolute Gasteiger partial charge is 0.345 e. The fraction of sp³-hybridized carbons (Fsp3) is 0.421. The number of carbonyl (C=O) groups is 2. The maximum atomic E-state index is 12.2. The van der Waals surface area contributed by atoms with Gasteiger partial charge >= 0.3 is 11.8 Å². The second-order valence-corrected chi connectivity index (χ2v) is 6.37. The molecule has 3 rings (SSSR count). The predicted octanol–water partition coefficient (Wildman–Crippen LogP) is 3.40. The lowest BCUT2D eigenvalue weighted by Gasteiger charge is -2.20.